The number of nitrogens with zero attached hydrogens (tertiary/aromatic N) is 3. The van der Waals surface area contributed by atoms with Crippen LogP contribution in [0.15, 0.2) is 18.5 Å². The van der Waals surface area contributed by atoms with Crippen LogP contribution in [0.1, 0.15) is 39.2 Å². The van der Waals surface area contributed by atoms with E-state index < -0.39 is 23.4 Å². The van der Waals surface area contributed by atoms with Gasteiger partial charge >= 0.3 is 12.3 Å². The molecule has 8 heteroatoms. The Morgan fingerprint density at radius 2 is 2.00 bits per heavy atom. The van der Waals surface area contributed by atoms with E-state index in [-0.39, 0.29) is 6.17 Å². The summed E-state index contributed by atoms with van der Waals surface area (Å²) >= 11 is 0. The lowest BCUT2D eigenvalue weighted by Gasteiger charge is -2.43. The number of pyridine rings is 1. The second kappa shape index (κ2) is 6.49. The quantitative estimate of drug-likeness (QED) is 0.816. The van der Waals surface area contributed by atoms with Gasteiger partial charge in [0.2, 0.25) is 0 Å². The Morgan fingerprint density at radius 3 is 2.54 bits per heavy atom. The number of hydrogen-bond acceptors (Lipinski definition) is 4. The molecule has 0 aliphatic carbocycles. The summed E-state index contributed by atoms with van der Waals surface area (Å²) in [7, 11) is 1.30. The fourth-order valence-electron chi connectivity index (χ4n) is 3.00. The van der Waals surface area contributed by atoms with E-state index in [1.807, 2.05) is 20.8 Å². The molecule has 1 aliphatic heterocycles. The van der Waals surface area contributed by atoms with Crippen molar-refractivity contribution in [2.45, 2.75) is 51.5 Å². The number of hydrogen-bond donors (Lipinski definition) is 0. The van der Waals surface area contributed by atoms with Crippen molar-refractivity contribution >= 4 is 11.8 Å². The molecule has 1 aromatic heterocycles. The molecule has 0 aromatic carbocycles. The third kappa shape index (κ3) is 3.73. The predicted molar refractivity (Wildman–Crippen MR) is 83.6 cm³/mol. The minimum atomic E-state index is -4.45. The maximum atomic E-state index is 12.9. The lowest BCUT2D eigenvalue weighted by molar-refractivity contribution is -0.137. The van der Waals surface area contributed by atoms with E-state index in [4.69, 9.17) is 4.74 Å². The van der Waals surface area contributed by atoms with Gasteiger partial charge < -0.3 is 9.64 Å². The van der Waals surface area contributed by atoms with Gasteiger partial charge in [0, 0.05) is 18.3 Å². The van der Waals surface area contributed by atoms with Gasteiger partial charge in [-0.1, -0.05) is 0 Å². The predicted octanol–water partition coefficient (Wildman–Crippen LogP) is 3.89. The topological polar surface area (TPSA) is 45.7 Å². The van der Waals surface area contributed by atoms with Gasteiger partial charge in [-0.15, -0.1) is 0 Å². The smallest absolute Gasteiger partial charge is 0.417 e. The number of alkyl halides is 3. The second-order valence-electron chi connectivity index (χ2n) is 6.76. The first kappa shape index (κ1) is 18.4. The molecule has 24 heavy (non-hydrogen) atoms. The highest BCUT2D eigenvalue weighted by Crippen LogP contribution is 2.35. The zero-order chi connectivity index (χ0) is 18.1. The number of anilines is 1. The molecule has 1 saturated heterocycles. The molecule has 1 amide bonds. The van der Waals surface area contributed by atoms with E-state index in [0.29, 0.717) is 18.7 Å². The first-order chi connectivity index (χ1) is 11.1. The third-order valence-corrected chi connectivity index (χ3v) is 4.00. The molecule has 134 valence electrons. The van der Waals surface area contributed by atoms with E-state index in [0.717, 1.165) is 18.7 Å². The van der Waals surface area contributed by atoms with Crippen LogP contribution in [0.3, 0.4) is 0 Å². The number of aromatic nitrogens is 1. The second-order valence-corrected chi connectivity index (χ2v) is 6.76. The summed E-state index contributed by atoms with van der Waals surface area (Å²) < 4.78 is 43.7. The van der Waals surface area contributed by atoms with E-state index in [2.05, 4.69) is 4.98 Å². The van der Waals surface area contributed by atoms with Crippen molar-refractivity contribution in [3.8, 4) is 0 Å². The zero-order valence-electron chi connectivity index (χ0n) is 14.2. The Labute approximate surface area is 139 Å². The van der Waals surface area contributed by atoms with Crippen LogP contribution < -0.4 is 4.90 Å². The van der Waals surface area contributed by atoms with Crippen molar-refractivity contribution in [3.63, 3.8) is 0 Å². The average Bonchev–Trinajstić information content (AvgIpc) is 2.94. The standard InChI is InChI=1S/C16H22F3N3O2/c1-15(2,3)22(14(23)24-4)13-6-5-7-21(13)12-8-11(9-20-10-12)16(17,18)19/h8-10,13H,5-7H2,1-4H3. The van der Waals surface area contributed by atoms with Crippen LogP contribution in [-0.2, 0) is 10.9 Å². The van der Waals surface area contributed by atoms with Crippen LogP contribution in [0.5, 0.6) is 0 Å². The molecule has 1 atom stereocenters. The molecule has 0 spiro atoms. The summed E-state index contributed by atoms with van der Waals surface area (Å²) in [5, 5.41) is 0. The van der Waals surface area contributed by atoms with E-state index in [1.165, 1.54) is 13.3 Å². The molecule has 1 fully saturated rings. The molecule has 2 rings (SSSR count). The first-order valence-electron chi connectivity index (χ1n) is 7.72. The Hall–Kier alpha value is -1.99. The van der Waals surface area contributed by atoms with Crippen LogP contribution in [0.4, 0.5) is 23.7 Å². The van der Waals surface area contributed by atoms with Crippen molar-refractivity contribution < 1.29 is 22.7 Å². The van der Waals surface area contributed by atoms with Crippen molar-refractivity contribution in [2.75, 3.05) is 18.6 Å². The third-order valence-electron chi connectivity index (χ3n) is 4.00. The number of ether oxygens (including phenoxy) is 1. The molecule has 1 aliphatic rings. The van der Waals surface area contributed by atoms with Crippen LogP contribution >= 0.6 is 0 Å². The van der Waals surface area contributed by atoms with Gasteiger partial charge in [-0.05, 0) is 39.7 Å². The summed E-state index contributed by atoms with van der Waals surface area (Å²) in [6.07, 6.45) is -1.71. The maximum Gasteiger partial charge on any atom is 0.417 e. The van der Waals surface area contributed by atoms with Gasteiger partial charge in [-0.2, -0.15) is 13.2 Å². The molecule has 5 nitrogen and oxygen atoms in total. The molecule has 2 heterocycles. The molecule has 0 radical (unpaired) electrons. The SMILES string of the molecule is COC(=O)N(C1CCCN1c1cncc(C(F)(F)F)c1)C(C)(C)C. The molecular weight excluding hydrogens is 323 g/mol. The minimum Gasteiger partial charge on any atom is -0.453 e. The number of carbonyl (C=O) groups excluding carboxylic acids is 1. The number of halogens is 3. The molecule has 0 saturated carbocycles. The molecule has 1 unspecified atom stereocenters. The Morgan fingerprint density at radius 1 is 1.33 bits per heavy atom. The fraction of sp³-hybridized carbons (Fsp3) is 0.625. The Kier molecular flexibility index (Phi) is 4.96. The minimum absolute atomic E-state index is 0.352. The fourth-order valence-corrected chi connectivity index (χ4v) is 3.00. The summed E-state index contributed by atoms with van der Waals surface area (Å²) in [4.78, 5) is 19.3. The van der Waals surface area contributed by atoms with Crippen molar-refractivity contribution in [2.24, 2.45) is 0 Å². The van der Waals surface area contributed by atoms with Gasteiger partial charge in [0.1, 0.15) is 6.17 Å². The Bertz CT molecular complexity index is 599. The van der Waals surface area contributed by atoms with Crippen LogP contribution in [0, 0.1) is 0 Å². The lowest BCUT2D eigenvalue weighted by Crippen LogP contribution is -2.56. The van der Waals surface area contributed by atoms with Gasteiger partial charge in [0.15, 0.2) is 0 Å². The number of amides is 1. The largest absolute Gasteiger partial charge is 0.453 e. The van der Waals surface area contributed by atoms with Gasteiger partial charge in [-0.3, -0.25) is 9.88 Å². The molecular formula is C16H22F3N3O2. The number of rotatable bonds is 2. The average molecular weight is 345 g/mol. The van der Waals surface area contributed by atoms with Gasteiger partial charge in [-0.25, -0.2) is 4.79 Å². The first-order valence-corrected chi connectivity index (χ1v) is 7.72. The van der Waals surface area contributed by atoms with Crippen LogP contribution in [-0.4, -0.2) is 41.3 Å². The highest BCUT2D eigenvalue weighted by Gasteiger charge is 2.40. The summed E-state index contributed by atoms with van der Waals surface area (Å²) in [5.41, 5.74) is -0.980. The van der Waals surface area contributed by atoms with Crippen molar-refractivity contribution in [1.29, 1.82) is 0 Å². The van der Waals surface area contributed by atoms with Crippen LogP contribution in [0.25, 0.3) is 0 Å². The summed E-state index contributed by atoms with van der Waals surface area (Å²) in [6.45, 7) is 6.15. The van der Waals surface area contributed by atoms with Crippen molar-refractivity contribution in [1.82, 2.24) is 9.88 Å². The molecule has 1 aromatic rings. The highest BCUT2D eigenvalue weighted by molar-refractivity contribution is 5.70. The maximum absolute atomic E-state index is 12.9. The number of carbonyl (C=O) groups is 1. The van der Waals surface area contributed by atoms with E-state index >= 15 is 0 Å². The zero-order valence-corrected chi connectivity index (χ0v) is 14.2. The molecule has 0 N–H and O–H groups in total. The summed E-state index contributed by atoms with van der Waals surface area (Å²) in [5.74, 6) is 0. The highest BCUT2D eigenvalue weighted by atomic mass is 19.4. The monoisotopic (exact) mass is 345 g/mol. The normalized spacial score (nSPS) is 18.6. The van der Waals surface area contributed by atoms with E-state index in [1.54, 1.807) is 9.80 Å². The van der Waals surface area contributed by atoms with E-state index in [9.17, 15) is 18.0 Å². The lowest BCUT2D eigenvalue weighted by atomic mass is 10.0. The van der Waals surface area contributed by atoms with Gasteiger partial charge in [0.25, 0.3) is 0 Å². The van der Waals surface area contributed by atoms with Crippen molar-refractivity contribution in [3.05, 3.63) is 24.0 Å². The van der Waals surface area contributed by atoms with Crippen LogP contribution in [0.2, 0.25) is 0 Å². The summed E-state index contributed by atoms with van der Waals surface area (Å²) in [6, 6.07) is 1.07. The number of methoxy groups -OCH3 is 1. The van der Waals surface area contributed by atoms with Gasteiger partial charge in [0.05, 0.1) is 24.6 Å². The Balaban J connectivity index is 2.38. The molecule has 0 bridgehead atoms.